The number of hydrogen-bond donors (Lipinski definition) is 0. The van der Waals surface area contributed by atoms with Crippen molar-refractivity contribution < 1.29 is 110 Å². The minimum atomic E-state index is -5.24. The molecule has 4 rings (SSSR count). The number of allylic oxidation sites excluding steroid dienone is 2. The van der Waals surface area contributed by atoms with E-state index in [0.29, 0.717) is 11.6 Å². The van der Waals surface area contributed by atoms with Gasteiger partial charge in [0.05, 0.1) is 51.1 Å². The summed E-state index contributed by atoms with van der Waals surface area (Å²) in [7, 11) is -5.24. The first-order valence-electron chi connectivity index (χ1n) is 14.5. The van der Waals surface area contributed by atoms with Crippen LogP contribution in [-0.2, 0) is 40.2 Å². The van der Waals surface area contributed by atoms with Gasteiger partial charge in [0.15, 0.2) is 11.9 Å². The summed E-state index contributed by atoms with van der Waals surface area (Å²) in [6, 6.07) is 8.87. The summed E-state index contributed by atoms with van der Waals surface area (Å²) in [6.45, 7) is 1.26. The number of nitrogens with zero attached hydrogens (tertiary/aromatic N) is 4. The predicted octanol–water partition coefficient (Wildman–Crippen LogP) is -2.23. The van der Waals surface area contributed by atoms with E-state index in [1.807, 2.05) is 6.07 Å². The Morgan fingerprint density at radius 3 is 2.54 bits per heavy atom. The fraction of sp³-hybridized carbons (Fsp3) is 0.355. The molecule has 0 radical (unpaired) electrons. The number of nitriles is 1. The second-order valence-corrected chi connectivity index (χ2v) is 13.3. The van der Waals surface area contributed by atoms with Crippen molar-refractivity contribution >= 4 is 31.6 Å². The second-order valence-electron chi connectivity index (χ2n) is 10.5. The average Bonchev–Trinajstić information content (AvgIpc) is 3.55. The Balaban J connectivity index is 0.00000433. The molecule has 12 nitrogen and oxygen atoms in total. The van der Waals surface area contributed by atoms with Gasteiger partial charge in [0, 0.05) is 28.9 Å². The molecule has 50 heavy (non-hydrogen) atoms. The van der Waals surface area contributed by atoms with Crippen molar-refractivity contribution in [2.45, 2.75) is 48.7 Å². The van der Waals surface area contributed by atoms with Crippen LogP contribution in [0.2, 0.25) is 0 Å². The predicted molar refractivity (Wildman–Crippen MR) is 163 cm³/mol. The van der Waals surface area contributed by atoms with Crippen molar-refractivity contribution in [1.82, 2.24) is 14.8 Å². The molecule has 1 aliphatic rings. The van der Waals surface area contributed by atoms with Crippen molar-refractivity contribution in [2.24, 2.45) is 0 Å². The number of rotatable bonds is 15. The van der Waals surface area contributed by atoms with Gasteiger partial charge in [-0.3, -0.25) is 4.79 Å². The summed E-state index contributed by atoms with van der Waals surface area (Å²) in [6.07, 6.45) is 7.65. The van der Waals surface area contributed by atoms with Crippen molar-refractivity contribution in [3.8, 4) is 6.07 Å². The Morgan fingerprint density at radius 1 is 1.18 bits per heavy atom. The van der Waals surface area contributed by atoms with Gasteiger partial charge in [0.1, 0.15) is 30.1 Å². The number of benzene rings is 2. The molecule has 1 fully saturated rings. The standard InChI is InChI=1S/C31H32F3N4O8PS.2Na/c1-21(48-25-16-43-30(44-17-25)7-3-2-5-23-9-8-22(15-35)13-27(23)33)31(18-38-20-36-19-37-38,26-11-10-24(32)14-28(26)34)46-29(39)6-4-12-45-47(40,41)42;;/h2-3,5,7-11,13-14,19-21,25,30H,4,6,12,16-18H2,1H3,(H2,40,41,42);;/q;2*+1/p-2/b5-2+,7-3+;;/t21-,25?,30?,31-;;/m1../s1. The first-order chi connectivity index (χ1) is 22.9. The number of thioether (sulfide) groups is 1. The molecule has 0 unspecified atom stereocenters. The molecular weight excluding hydrogens is 722 g/mol. The van der Waals surface area contributed by atoms with Gasteiger partial charge in [-0.1, -0.05) is 24.3 Å². The third kappa shape index (κ3) is 13.3. The minimum absolute atomic E-state index is 0. The van der Waals surface area contributed by atoms with Crippen molar-refractivity contribution in [1.29, 1.82) is 5.26 Å². The Kier molecular flexibility index (Phi) is 18.7. The molecular formula is C31H30F3N4Na2O8PS. The van der Waals surface area contributed by atoms with Gasteiger partial charge in [-0.15, -0.1) is 11.8 Å². The molecule has 2 atom stereocenters. The summed E-state index contributed by atoms with van der Waals surface area (Å²) in [5.41, 5.74) is -1.42. The quantitative estimate of drug-likeness (QED) is 0.0539. The van der Waals surface area contributed by atoms with Gasteiger partial charge in [-0.25, -0.2) is 22.8 Å². The van der Waals surface area contributed by atoms with Gasteiger partial charge < -0.3 is 33.1 Å². The van der Waals surface area contributed by atoms with Crippen LogP contribution in [0.4, 0.5) is 13.2 Å². The van der Waals surface area contributed by atoms with Crippen LogP contribution in [0, 0.1) is 28.8 Å². The van der Waals surface area contributed by atoms with Crippen LogP contribution in [0.3, 0.4) is 0 Å². The van der Waals surface area contributed by atoms with Crippen LogP contribution < -0.4 is 68.9 Å². The van der Waals surface area contributed by atoms with Crippen LogP contribution in [0.5, 0.6) is 0 Å². The third-order valence-corrected chi connectivity index (χ3v) is 9.00. The van der Waals surface area contributed by atoms with Gasteiger partial charge >= 0.3 is 65.1 Å². The van der Waals surface area contributed by atoms with Crippen LogP contribution >= 0.6 is 19.6 Å². The monoisotopic (exact) mass is 752 g/mol. The fourth-order valence-electron chi connectivity index (χ4n) is 4.77. The molecule has 1 aliphatic heterocycles. The number of phosphoric acid groups is 1. The summed E-state index contributed by atoms with van der Waals surface area (Å²) in [5.74, 6) is -3.23. The normalized spacial score (nSPS) is 18.1. The molecule has 0 N–H and O–H groups in total. The largest absolute Gasteiger partial charge is 1.00 e. The van der Waals surface area contributed by atoms with Crippen molar-refractivity contribution in [3.05, 3.63) is 101 Å². The molecule has 2 aromatic carbocycles. The number of carbonyl (C=O) groups excluding carboxylic acids is 1. The van der Waals surface area contributed by atoms with Crippen LogP contribution in [-0.4, -0.2) is 57.3 Å². The molecule has 3 aromatic rings. The number of carbonyl (C=O) groups is 1. The van der Waals surface area contributed by atoms with E-state index in [1.165, 1.54) is 53.4 Å². The van der Waals surface area contributed by atoms with E-state index in [-0.39, 0.29) is 108 Å². The summed E-state index contributed by atoms with van der Waals surface area (Å²) >= 11 is 1.27. The Hall–Kier alpha value is -1.81. The Bertz CT molecular complexity index is 1710. The number of ether oxygens (including phenoxy) is 3. The molecule has 0 bridgehead atoms. The number of phosphoric ester groups is 1. The Morgan fingerprint density at radius 2 is 1.92 bits per heavy atom. The number of aromatic nitrogens is 3. The smallest absolute Gasteiger partial charge is 0.790 e. The summed E-state index contributed by atoms with van der Waals surface area (Å²) in [4.78, 5) is 38.6. The van der Waals surface area contributed by atoms with Gasteiger partial charge in [0.25, 0.3) is 0 Å². The SMILES string of the molecule is C[C@@H](SC1COC(/C=C/C=C/c2ccc(C#N)cc2F)OC1)[C@@](Cn1cncn1)(OC(=O)CCCOP(=O)([O-])[O-])c1ccc(F)cc1F.[Na+].[Na+]. The second kappa shape index (κ2) is 21.0. The van der Waals surface area contributed by atoms with Crippen LogP contribution in [0.15, 0.2) is 67.3 Å². The first kappa shape index (κ1) is 44.4. The van der Waals surface area contributed by atoms with E-state index in [1.54, 1.807) is 25.2 Å². The molecule has 0 amide bonds. The van der Waals surface area contributed by atoms with E-state index < -0.39 is 55.0 Å². The van der Waals surface area contributed by atoms with E-state index in [9.17, 15) is 27.9 Å². The Labute approximate surface area is 335 Å². The van der Waals surface area contributed by atoms with Gasteiger partial charge in [-0.2, -0.15) is 10.4 Å². The molecule has 256 valence electrons. The fourth-order valence-corrected chi connectivity index (χ4v) is 6.49. The maximum absolute atomic E-state index is 15.5. The van der Waals surface area contributed by atoms with E-state index in [4.69, 9.17) is 19.5 Å². The van der Waals surface area contributed by atoms with Gasteiger partial charge in [0.2, 0.25) is 0 Å². The van der Waals surface area contributed by atoms with E-state index >= 15 is 4.39 Å². The zero-order valence-corrected chi connectivity index (χ0v) is 33.2. The topological polar surface area (TPSA) is 172 Å². The molecule has 0 aliphatic carbocycles. The van der Waals surface area contributed by atoms with E-state index in [0.717, 1.165) is 12.1 Å². The molecule has 0 saturated carbocycles. The zero-order chi connectivity index (χ0) is 34.7. The van der Waals surface area contributed by atoms with Crippen molar-refractivity contribution in [3.63, 3.8) is 0 Å². The van der Waals surface area contributed by atoms with Crippen LogP contribution in [0.1, 0.15) is 36.5 Å². The van der Waals surface area contributed by atoms with Crippen LogP contribution in [0.25, 0.3) is 6.08 Å². The first-order valence-corrected chi connectivity index (χ1v) is 16.9. The number of hydrogen-bond acceptors (Lipinski definition) is 12. The number of esters is 1. The average molecular weight is 753 g/mol. The number of halogens is 3. The molecule has 0 spiro atoms. The summed E-state index contributed by atoms with van der Waals surface area (Å²) < 4.78 is 77.4. The molecule has 1 saturated heterocycles. The van der Waals surface area contributed by atoms with Gasteiger partial charge in [-0.05, 0) is 43.7 Å². The molecule has 1 aromatic heterocycles. The minimum Gasteiger partial charge on any atom is -0.790 e. The molecule has 19 heteroatoms. The third-order valence-electron chi connectivity index (χ3n) is 7.05. The zero-order valence-electron chi connectivity index (χ0n) is 27.4. The molecule has 2 heterocycles. The summed E-state index contributed by atoms with van der Waals surface area (Å²) in [5, 5.41) is 11.9. The van der Waals surface area contributed by atoms with Crippen molar-refractivity contribution in [2.75, 3.05) is 19.8 Å². The maximum atomic E-state index is 15.5. The maximum Gasteiger partial charge on any atom is 1.00 e. The van der Waals surface area contributed by atoms with E-state index in [2.05, 4.69) is 14.6 Å².